The van der Waals surface area contributed by atoms with Crippen LogP contribution in [-0.4, -0.2) is 5.78 Å². The van der Waals surface area contributed by atoms with Crippen LogP contribution in [0.1, 0.15) is 21.7 Å². The summed E-state index contributed by atoms with van der Waals surface area (Å²) >= 11 is 6.09. The monoisotopic (exact) mass is 414 g/mol. The second-order valence-electron chi connectivity index (χ2n) is 7.08. The first-order valence-corrected chi connectivity index (χ1v) is 9.76. The second kappa shape index (κ2) is 7.01. The van der Waals surface area contributed by atoms with Crippen LogP contribution in [0.4, 0.5) is 0 Å². The maximum absolute atomic E-state index is 13.4. The zero-order valence-electron chi connectivity index (χ0n) is 15.9. The van der Waals surface area contributed by atoms with E-state index >= 15 is 0 Å². The number of furan rings is 1. The van der Waals surface area contributed by atoms with E-state index in [-0.39, 0.29) is 11.5 Å². The van der Waals surface area contributed by atoms with Crippen LogP contribution in [-0.2, 0) is 0 Å². The quantitative estimate of drug-likeness (QED) is 0.253. The van der Waals surface area contributed by atoms with Gasteiger partial charge in [0.25, 0.3) is 0 Å². The largest absolute Gasteiger partial charge is 0.452 e. The normalized spacial score (nSPS) is 11.3. The minimum Gasteiger partial charge on any atom is -0.452 e. The molecule has 0 bridgehead atoms. The third kappa shape index (κ3) is 2.93. The highest BCUT2D eigenvalue weighted by molar-refractivity contribution is 6.31. The molecule has 0 aliphatic rings. The first-order chi connectivity index (χ1) is 14.5. The van der Waals surface area contributed by atoms with Gasteiger partial charge in [0.05, 0.1) is 5.39 Å². The number of benzene rings is 3. The number of ketones is 1. The molecule has 0 spiro atoms. The summed E-state index contributed by atoms with van der Waals surface area (Å²) in [5, 5.41) is 1.86. The van der Waals surface area contributed by atoms with Crippen molar-refractivity contribution in [2.45, 2.75) is 6.92 Å². The van der Waals surface area contributed by atoms with Gasteiger partial charge in [-0.2, -0.15) is 0 Å². The number of carbonyl (C=O) groups is 1. The lowest BCUT2D eigenvalue weighted by atomic mass is 9.96. The van der Waals surface area contributed by atoms with E-state index in [0.29, 0.717) is 32.7 Å². The molecule has 0 saturated heterocycles. The third-order valence-electron chi connectivity index (χ3n) is 5.13. The molecule has 0 atom stereocenters. The summed E-state index contributed by atoms with van der Waals surface area (Å²) in [7, 11) is 0. The van der Waals surface area contributed by atoms with Crippen LogP contribution in [0.15, 0.2) is 86.4 Å². The minimum atomic E-state index is -0.449. The number of carbonyl (C=O) groups excluding carboxylic acids is 1. The van der Waals surface area contributed by atoms with Crippen LogP contribution < -0.4 is 5.63 Å². The Labute approximate surface area is 176 Å². The fourth-order valence-electron chi connectivity index (χ4n) is 3.76. The molecule has 5 rings (SSSR count). The molecule has 3 aromatic carbocycles. The fraction of sp³-hybridized carbons (Fsp3) is 0.0400. The summed E-state index contributed by atoms with van der Waals surface area (Å²) in [6.45, 7) is 1.85. The maximum atomic E-state index is 13.4. The van der Waals surface area contributed by atoms with Crippen molar-refractivity contribution in [3.8, 4) is 11.1 Å². The highest BCUT2D eigenvalue weighted by Gasteiger charge is 2.26. The number of hydrogen-bond donors (Lipinski definition) is 0. The molecule has 0 radical (unpaired) electrons. The zero-order chi connectivity index (χ0) is 20.8. The van der Waals surface area contributed by atoms with Gasteiger partial charge in [0, 0.05) is 27.6 Å². The summed E-state index contributed by atoms with van der Waals surface area (Å²) in [4.78, 5) is 25.5. The molecular weight excluding hydrogens is 400 g/mol. The van der Waals surface area contributed by atoms with Crippen molar-refractivity contribution in [1.82, 2.24) is 0 Å². The van der Waals surface area contributed by atoms with Crippen LogP contribution >= 0.6 is 11.6 Å². The van der Waals surface area contributed by atoms with E-state index in [9.17, 15) is 9.59 Å². The van der Waals surface area contributed by atoms with E-state index in [1.165, 1.54) is 6.07 Å². The average molecular weight is 415 g/mol. The first-order valence-electron chi connectivity index (χ1n) is 9.38. The van der Waals surface area contributed by atoms with E-state index in [1.807, 2.05) is 43.3 Å². The molecule has 0 saturated carbocycles. The number of aryl methyl sites for hydroxylation is 1. The molecule has 5 heteroatoms. The fourth-order valence-corrected chi connectivity index (χ4v) is 3.95. The van der Waals surface area contributed by atoms with Gasteiger partial charge in [0.2, 0.25) is 5.78 Å². The molecule has 0 N–H and O–H groups in total. The number of rotatable bonds is 3. The Hall–Kier alpha value is -3.63. The number of fused-ring (bicyclic) bond motifs is 3. The average Bonchev–Trinajstić information content (AvgIpc) is 3.14. The summed E-state index contributed by atoms with van der Waals surface area (Å²) < 4.78 is 11.6. The Morgan fingerprint density at radius 1 is 0.900 bits per heavy atom. The Kier molecular flexibility index (Phi) is 4.30. The molecule has 0 unspecified atom stereocenters. The van der Waals surface area contributed by atoms with Crippen molar-refractivity contribution < 1.29 is 13.6 Å². The van der Waals surface area contributed by atoms with Crippen LogP contribution in [0.3, 0.4) is 0 Å². The van der Waals surface area contributed by atoms with Crippen molar-refractivity contribution >= 4 is 39.3 Å². The maximum Gasteiger partial charge on any atom is 0.336 e. The molecule has 0 aliphatic heterocycles. The molecule has 30 heavy (non-hydrogen) atoms. The standard InChI is InChI=1S/C25H15ClO4/c1-14-12-20(27)30-24-18(14)10-11-19-22(24)21(15-6-3-2-4-7-15)25(29-19)23(28)16-8-5-9-17(26)13-16/h2-13H,1H3. The predicted octanol–water partition coefficient (Wildman–Crippen LogP) is 6.40. The summed E-state index contributed by atoms with van der Waals surface area (Å²) in [6, 6.07) is 21.3. The van der Waals surface area contributed by atoms with Crippen molar-refractivity contribution in [3.05, 3.63) is 105 Å². The lowest BCUT2D eigenvalue weighted by Gasteiger charge is -2.05. The first kappa shape index (κ1) is 18.4. The van der Waals surface area contributed by atoms with Crippen molar-refractivity contribution in [2.75, 3.05) is 0 Å². The van der Waals surface area contributed by atoms with Gasteiger partial charge in [-0.1, -0.05) is 54.1 Å². The topological polar surface area (TPSA) is 60.4 Å². The molecule has 5 aromatic rings. The molecule has 4 nitrogen and oxygen atoms in total. The van der Waals surface area contributed by atoms with Crippen molar-refractivity contribution in [2.24, 2.45) is 0 Å². The molecule has 146 valence electrons. The molecule has 0 aliphatic carbocycles. The van der Waals surface area contributed by atoms with E-state index in [0.717, 1.165) is 16.5 Å². The van der Waals surface area contributed by atoms with Gasteiger partial charge in [-0.3, -0.25) is 4.79 Å². The van der Waals surface area contributed by atoms with Crippen LogP contribution in [0.25, 0.3) is 33.1 Å². The van der Waals surface area contributed by atoms with E-state index in [1.54, 1.807) is 30.3 Å². The van der Waals surface area contributed by atoms with Gasteiger partial charge in [-0.25, -0.2) is 4.79 Å². The zero-order valence-corrected chi connectivity index (χ0v) is 16.7. The molecule has 0 fully saturated rings. The highest BCUT2D eigenvalue weighted by Crippen LogP contribution is 2.40. The molecular formula is C25H15ClO4. The van der Waals surface area contributed by atoms with Gasteiger partial charge >= 0.3 is 5.63 Å². The van der Waals surface area contributed by atoms with E-state index in [4.69, 9.17) is 20.4 Å². The lowest BCUT2D eigenvalue weighted by molar-refractivity contribution is 0.101. The Bertz CT molecular complexity index is 1490. The molecule has 2 heterocycles. The SMILES string of the molecule is Cc1cc(=O)oc2c1ccc1oc(C(=O)c3cccc(Cl)c3)c(-c3ccccc3)c12. The summed E-state index contributed by atoms with van der Waals surface area (Å²) in [5.41, 5.74) is 3.03. The van der Waals surface area contributed by atoms with Gasteiger partial charge in [0.15, 0.2) is 5.76 Å². The van der Waals surface area contributed by atoms with Gasteiger partial charge < -0.3 is 8.83 Å². The van der Waals surface area contributed by atoms with Gasteiger partial charge in [0.1, 0.15) is 11.2 Å². The van der Waals surface area contributed by atoms with E-state index in [2.05, 4.69) is 0 Å². The third-order valence-corrected chi connectivity index (χ3v) is 5.36. The van der Waals surface area contributed by atoms with Crippen LogP contribution in [0, 0.1) is 6.92 Å². The molecule has 0 amide bonds. The predicted molar refractivity (Wildman–Crippen MR) is 117 cm³/mol. The van der Waals surface area contributed by atoms with E-state index < -0.39 is 5.63 Å². The smallest absolute Gasteiger partial charge is 0.336 e. The summed E-state index contributed by atoms with van der Waals surface area (Å²) in [5.74, 6) is -0.120. The Morgan fingerprint density at radius 3 is 2.47 bits per heavy atom. The lowest BCUT2D eigenvalue weighted by Crippen LogP contribution is -2.01. The number of hydrogen-bond acceptors (Lipinski definition) is 4. The Morgan fingerprint density at radius 2 is 1.70 bits per heavy atom. The van der Waals surface area contributed by atoms with Gasteiger partial charge in [-0.15, -0.1) is 0 Å². The second-order valence-corrected chi connectivity index (χ2v) is 7.51. The van der Waals surface area contributed by atoms with Crippen molar-refractivity contribution in [3.63, 3.8) is 0 Å². The minimum absolute atomic E-state index is 0.176. The van der Waals surface area contributed by atoms with Crippen molar-refractivity contribution in [1.29, 1.82) is 0 Å². The van der Waals surface area contributed by atoms with Gasteiger partial charge in [-0.05, 0) is 42.3 Å². The number of halogens is 1. The van der Waals surface area contributed by atoms with Crippen LogP contribution in [0.5, 0.6) is 0 Å². The highest BCUT2D eigenvalue weighted by atomic mass is 35.5. The summed E-state index contributed by atoms with van der Waals surface area (Å²) in [6.07, 6.45) is 0. The van der Waals surface area contributed by atoms with Crippen LogP contribution in [0.2, 0.25) is 5.02 Å². The molecule has 2 aromatic heterocycles. The Balaban J connectivity index is 1.91.